The number of ether oxygens (including phenoxy) is 2. The molecule has 15 heteroatoms. The predicted molar refractivity (Wildman–Crippen MR) is 125 cm³/mol. The highest BCUT2D eigenvalue weighted by atomic mass is 19.4. The van der Waals surface area contributed by atoms with Crippen molar-refractivity contribution in [1.29, 1.82) is 0 Å². The third-order valence-electron chi connectivity index (χ3n) is 5.66. The van der Waals surface area contributed by atoms with Gasteiger partial charge in [0, 0.05) is 38.4 Å². The molecule has 1 aromatic carbocycles. The number of carboxylic acids is 2. The van der Waals surface area contributed by atoms with Crippen LogP contribution in [0.2, 0.25) is 0 Å². The molecule has 2 aliphatic heterocycles. The molecule has 222 valence electrons. The molecule has 8 nitrogen and oxygen atoms in total. The largest absolute Gasteiger partial charge is 0.490 e. The van der Waals surface area contributed by atoms with Crippen molar-refractivity contribution in [2.45, 2.75) is 57.0 Å². The summed E-state index contributed by atoms with van der Waals surface area (Å²) < 4.78 is 89.0. The van der Waals surface area contributed by atoms with E-state index in [-0.39, 0.29) is 17.5 Å². The SMILES string of the molecule is Cc1cccc(COC2CCOC3(C2)CN(Cc2cccc(F)c2)C3)n1.O=C(O)C(F)(F)F.O=C(O)C(F)(F)F. The average molecular weight is 584 g/mol. The third-order valence-corrected chi connectivity index (χ3v) is 5.66. The number of pyridine rings is 1. The monoisotopic (exact) mass is 584 g/mol. The van der Waals surface area contributed by atoms with Gasteiger partial charge in [-0.15, -0.1) is 0 Å². The van der Waals surface area contributed by atoms with Crippen LogP contribution >= 0.6 is 0 Å². The van der Waals surface area contributed by atoms with Crippen LogP contribution < -0.4 is 0 Å². The van der Waals surface area contributed by atoms with E-state index in [2.05, 4.69) is 9.88 Å². The van der Waals surface area contributed by atoms with Gasteiger partial charge in [-0.1, -0.05) is 18.2 Å². The Hall–Kier alpha value is -3.30. The number of halogens is 7. The fourth-order valence-electron chi connectivity index (χ4n) is 4.00. The normalized spacial score (nSPS) is 18.4. The van der Waals surface area contributed by atoms with Gasteiger partial charge >= 0.3 is 24.3 Å². The van der Waals surface area contributed by atoms with E-state index >= 15 is 0 Å². The van der Waals surface area contributed by atoms with Gasteiger partial charge in [-0.25, -0.2) is 14.0 Å². The molecule has 1 atom stereocenters. The Morgan fingerprint density at radius 1 is 1.05 bits per heavy atom. The number of aliphatic carboxylic acids is 2. The van der Waals surface area contributed by atoms with Crippen molar-refractivity contribution in [1.82, 2.24) is 9.88 Å². The van der Waals surface area contributed by atoms with Gasteiger partial charge in [0.05, 0.1) is 24.0 Å². The minimum absolute atomic E-state index is 0.101. The molecule has 1 unspecified atom stereocenters. The van der Waals surface area contributed by atoms with Crippen molar-refractivity contribution in [3.63, 3.8) is 0 Å². The van der Waals surface area contributed by atoms with Crippen LogP contribution in [-0.2, 0) is 32.2 Å². The minimum Gasteiger partial charge on any atom is -0.475 e. The third kappa shape index (κ3) is 11.1. The highest BCUT2D eigenvalue weighted by molar-refractivity contribution is 5.73. The molecule has 3 heterocycles. The van der Waals surface area contributed by atoms with Gasteiger partial charge in [-0.2, -0.15) is 26.3 Å². The standard InChI is InChI=1S/C21H25FN2O2.2C2HF3O2/c1-16-4-2-7-19(23-16)13-25-20-8-9-26-21(11-20)14-24(15-21)12-17-5-3-6-18(22)10-17;2*3-2(4,5)1(6)7/h2-7,10,20H,8-9,11-15H2,1H3;2*(H,6,7). The fraction of sp³-hybridized carbons (Fsp3) is 0.480. The molecule has 0 amide bonds. The summed E-state index contributed by atoms with van der Waals surface area (Å²) in [5.41, 5.74) is 2.90. The predicted octanol–water partition coefficient (Wildman–Crippen LogP) is 4.75. The first kappa shape index (κ1) is 32.9. The van der Waals surface area contributed by atoms with Crippen LogP contribution in [0.25, 0.3) is 0 Å². The number of likely N-dealkylation sites (tertiary alicyclic amines) is 1. The second-order valence-corrected chi connectivity index (χ2v) is 9.11. The number of hydrogen-bond acceptors (Lipinski definition) is 6. The zero-order valence-electron chi connectivity index (χ0n) is 21.1. The molecule has 2 aromatic rings. The maximum absolute atomic E-state index is 13.3. The Morgan fingerprint density at radius 2 is 1.62 bits per heavy atom. The summed E-state index contributed by atoms with van der Waals surface area (Å²) in [4.78, 5) is 24.6. The lowest BCUT2D eigenvalue weighted by Crippen LogP contribution is -2.65. The van der Waals surface area contributed by atoms with E-state index < -0.39 is 24.3 Å². The lowest BCUT2D eigenvalue weighted by molar-refractivity contribution is -0.200. The molecular weight excluding hydrogens is 557 g/mol. The lowest BCUT2D eigenvalue weighted by Gasteiger charge is -2.53. The van der Waals surface area contributed by atoms with Gasteiger partial charge < -0.3 is 19.7 Å². The van der Waals surface area contributed by atoms with Crippen LogP contribution in [-0.4, -0.2) is 75.8 Å². The van der Waals surface area contributed by atoms with E-state index in [0.29, 0.717) is 6.61 Å². The Kier molecular flexibility index (Phi) is 11.4. The van der Waals surface area contributed by atoms with Gasteiger partial charge in [-0.3, -0.25) is 9.88 Å². The molecule has 0 bridgehead atoms. The maximum atomic E-state index is 13.3. The summed E-state index contributed by atoms with van der Waals surface area (Å²) >= 11 is 0. The summed E-state index contributed by atoms with van der Waals surface area (Å²) in [6.07, 6.45) is -8.11. The first-order chi connectivity index (χ1) is 18.5. The molecule has 1 aromatic heterocycles. The van der Waals surface area contributed by atoms with Crippen LogP contribution in [0.15, 0.2) is 42.5 Å². The number of nitrogens with zero attached hydrogens (tertiary/aromatic N) is 2. The molecule has 0 radical (unpaired) electrons. The zero-order chi connectivity index (χ0) is 30.1. The first-order valence-corrected chi connectivity index (χ1v) is 11.7. The fourth-order valence-corrected chi connectivity index (χ4v) is 4.00. The summed E-state index contributed by atoms with van der Waals surface area (Å²) in [7, 11) is 0. The highest BCUT2D eigenvalue weighted by Gasteiger charge is 2.47. The van der Waals surface area contributed by atoms with Crippen molar-refractivity contribution in [3.8, 4) is 0 Å². The van der Waals surface area contributed by atoms with Gasteiger partial charge in [0.1, 0.15) is 5.82 Å². The Balaban J connectivity index is 0.000000333. The number of aromatic nitrogens is 1. The quantitative estimate of drug-likeness (QED) is 0.485. The second-order valence-electron chi connectivity index (χ2n) is 9.11. The first-order valence-electron chi connectivity index (χ1n) is 11.7. The number of aryl methyl sites for hydroxylation is 1. The van der Waals surface area contributed by atoms with Crippen LogP contribution in [0.3, 0.4) is 0 Å². The van der Waals surface area contributed by atoms with Gasteiger partial charge in [0.25, 0.3) is 0 Å². The van der Waals surface area contributed by atoms with Crippen molar-refractivity contribution in [2.75, 3.05) is 19.7 Å². The van der Waals surface area contributed by atoms with Gasteiger partial charge in [0.2, 0.25) is 0 Å². The number of carbonyl (C=O) groups is 2. The van der Waals surface area contributed by atoms with Crippen molar-refractivity contribution in [2.24, 2.45) is 0 Å². The Labute approximate surface area is 224 Å². The van der Waals surface area contributed by atoms with Crippen molar-refractivity contribution in [3.05, 3.63) is 65.2 Å². The van der Waals surface area contributed by atoms with Crippen molar-refractivity contribution >= 4 is 11.9 Å². The van der Waals surface area contributed by atoms with Crippen molar-refractivity contribution < 1.29 is 60.0 Å². The number of alkyl halides is 6. The van der Waals surface area contributed by atoms with Gasteiger partial charge in [-0.05, 0) is 43.2 Å². The molecular formula is C25H27F7N2O6. The van der Waals surface area contributed by atoms with E-state index in [0.717, 1.165) is 56.0 Å². The molecule has 2 N–H and O–H groups in total. The molecule has 0 aliphatic carbocycles. The maximum Gasteiger partial charge on any atom is 0.490 e. The molecule has 2 saturated heterocycles. The van der Waals surface area contributed by atoms with Crippen LogP contribution in [0.5, 0.6) is 0 Å². The van der Waals surface area contributed by atoms with Crippen LogP contribution in [0.4, 0.5) is 30.7 Å². The van der Waals surface area contributed by atoms with E-state index in [1.54, 1.807) is 12.1 Å². The summed E-state index contributed by atoms with van der Waals surface area (Å²) in [5, 5.41) is 14.2. The van der Waals surface area contributed by atoms with Crippen LogP contribution in [0.1, 0.15) is 29.8 Å². The zero-order valence-corrected chi connectivity index (χ0v) is 21.1. The minimum atomic E-state index is -5.08. The van der Waals surface area contributed by atoms with E-state index in [9.17, 15) is 30.7 Å². The number of rotatable bonds is 5. The van der Waals surface area contributed by atoms with E-state index in [1.165, 1.54) is 6.07 Å². The van der Waals surface area contributed by atoms with Gasteiger partial charge in [0.15, 0.2) is 0 Å². The van der Waals surface area contributed by atoms with Crippen LogP contribution in [0, 0.1) is 12.7 Å². The van der Waals surface area contributed by atoms with E-state index in [4.69, 9.17) is 29.3 Å². The number of carboxylic acid groups (broad SMARTS) is 2. The molecule has 4 rings (SSSR count). The molecule has 2 aliphatic rings. The summed E-state index contributed by atoms with van der Waals surface area (Å²) in [5.74, 6) is -5.69. The molecule has 1 spiro atoms. The van der Waals surface area contributed by atoms with E-state index in [1.807, 2.05) is 31.2 Å². The summed E-state index contributed by atoms with van der Waals surface area (Å²) in [6, 6.07) is 12.8. The lowest BCUT2D eigenvalue weighted by atomic mass is 9.84. The second kappa shape index (κ2) is 13.9. The average Bonchev–Trinajstić information content (AvgIpc) is 2.82. The highest BCUT2D eigenvalue weighted by Crippen LogP contribution is 2.36. The Morgan fingerprint density at radius 3 is 2.15 bits per heavy atom. The topological polar surface area (TPSA) is 109 Å². The Bertz CT molecular complexity index is 1110. The number of benzene rings is 1. The number of hydrogen-bond donors (Lipinski definition) is 2. The summed E-state index contributed by atoms with van der Waals surface area (Å²) in [6.45, 7) is 5.81. The smallest absolute Gasteiger partial charge is 0.475 e. The molecule has 0 saturated carbocycles. The molecule has 2 fully saturated rings. The molecule has 40 heavy (non-hydrogen) atoms.